The lowest BCUT2D eigenvalue weighted by molar-refractivity contribution is -0.173. The molecule has 1 aliphatic rings. The van der Waals surface area contributed by atoms with Crippen LogP contribution in [0.4, 0.5) is 10.2 Å². The van der Waals surface area contributed by atoms with Crippen LogP contribution in [0.3, 0.4) is 0 Å². The predicted octanol–water partition coefficient (Wildman–Crippen LogP) is 3.60. The average Bonchev–Trinajstić information content (AvgIpc) is 2.87. The first-order chi connectivity index (χ1) is 9.61. The summed E-state index contributed by atoms with van der Waals surface area (Å²) < 4.78 is 17.0. The van der Waals surface area contributed by atoms with E-state index in [9.17, 15) is 9.32 Å². The van der Waals surface area contributed by atoms with Crippen molar-refractivity contribution in [3.63, 3.8) is 0 Å². The lowest BCUT2D eigenvalue weighted by Gasteiger charge is -2.04. The van der Waals surface area contributed by atoms with E-state index in [0.717, 1.165) is 11.3 Å². The third-order valence-electron chi connectivity index (χ3n) is 2.55. The number of nitrogens with one attached hydrogen (secondary N) is 1. The van der Waals surface area contributed by atoms with Crippen molar-refractivity contribution in [1.29, 1.82) is 0 Å². The number of fused-ring (bicyclic) bond motifs is 1. The number of hydrogen-bond donors (Lipinski definition) is 1. The number of nitrogens with zero attached hydrogens (tertiary/aromatic N) is 1. The molecule has 0 aliphatic carbocycles. The molecule has 1 aliphatic heterocycles. The molecule has 0 saturated carbocycles. The second-order valence-corrected chi connectivity index (χ2v) is 4.20. The second kappa shape index (κ2) is 7.69. The summed E-state index contributed by atoms with van der Waals surface area (Å²) >= 11 is 5.38. The maximum absolute atomic E-state index is 11.5. The van der Waals surface area contributed by atoms with Crippen LogP contribution in [0.2, 0.25) is 0 Å². The van der Waals surface area contributed by atoms with E-state index in [2.05, 4.69) is 15.5 Å². The Bertz CT molecular complexity index is 508. The van der Waals surface area contributed by atoms with Crippen molar-refractivity contribution >= 4 is 28.4 Å². The number of benzene rings is 1. The lowest BCUT2D eigenvalue weighted by atomic mass is 10.0. The quantitative estimate of drug-likeness (QED) is 0.684. The van der Waals surface area contributed by atoms with E-state index in [0.29, 0.717) is 12.3 Å². The van der Waals surface area contributed by atoms with Gasteiger partial charge in [-0.05, 0) is 18.2 Å². The molecule has 1 aromatic rings. The molecule has 2 rings (SSSR count). The van der Waals surface area contributed by atoms with Gasteiger partial charge in [0.2, 0.25) is 5.17 Å². The summed E-state index contributed by atoms with van der Waals surface area (Å²) in [6, 6.07) is 5.34. The summed E-state index contributed by atoms with van der Waals surface area (Å²) in [5, 5.41) is 2.87. The van der Waals surface area contributed by atoms with E-state index < -0.39 is 11.1 Å². The molecule has 20 heavy (non-hydrogen) atoms. The minimum Gasteiger partial charge on any atom is -0.493 e. The highest BCUT2D eigenvalue weighted by Gasteiger charge is 2.20. The fourth-order valence-corrected chi connectivity index (χ4v) is 1.70. The van der Waals surface area contributed by atoms with Crippen LogP contribution in [0.15, 0.2) is 23.3 Å². The van der Waals surface area contributed by atoms with Crippen LogP contribution in [-0.4, -0.2) is 17.7 Å². The molecule has 0 fully saturated rings. The maximum atomic E-state index is 11.5. The van der Waals surface area contributed by atoms with Crippen molar-refractivity contribution < 1.29 is 19.0 Å². The number of ether oxygens (including phenoxy) is 1. The van der Waals surface area contributed by atoms with E-state index in [-0.39, 0.29) is 5.92 Å². The smallest absolute Gasteiger partial charge is 0.411 e. The molecule has 0 saturated heterocycles. The molecule has 7 heteroatoms. The van der Waals surface area contributed by atoms with Gasteiger partial charge in [-0.3, -0.25) is 5.43 Å². The summed E-state index contributed by atoms with van der Waals surface area (Å²) in [5.41, 5.74) is 4.21. The van der Waals surface area contributed by atoms with Crippen LogP contribution in [0.1, 0.15) is 32.3 Å². The molecule has 0 aromatic heterocycles. The van der Waals surface area contributed by atoms with Crippen LogP contribution in [0.5, 0.6) is 5.75 Å². The summed E-state index contributed by atoms with van der Waals surface area (Å²) in [4.78, 5) is 13.6. The zero-order valence-corrected chi connectivity index (χ0v) is 12.2. The predicted molar refractivity (Wildman–Crippen MR) is 75.8 cm³/mol. The zero-order chi connectivity index (χ0) is 15.1. The number of rotatable bonds is 3. The molecule has 0 amide bonds. The molecule has 0 radical (unpaired) electrons. The number of anilines is 1. The molecule has 0 bridgehead atoms. The first-order valence-corrected chi connectivity index (χ1v) is 6.58. The molecule has 5 nitrogen and oxygen atoms in total. The van der Waals surface area contributed by atoms with Gasteiger partial charge in [-0.1, -0.05) is 32.4 Å². The fraction of sp³-hybridized carbons (Fsp3) is 0.385. The van der Waals surface area contributed by atoms with Gasteiger partial charge < -0.3 is 4.74 Å². The highest BCUT2D eigenvalue weighted by Crippen LogP contribution is 2.35. The fourth-order valence-electron chi connectivity index (χ4n) is 1.63. The van der Waals surface area contributed by atoms with Gasteiger partial charge in [0.1, 0.15) is 5.75 Å². The van der Waals surface area contributed by atoms with E-state index in [1.807, 2.05) is 26.8 Å². The molecule has 110 valence electrons. The highest BCUT2D eigenvalue weighted by atomic mass is 35.5. The van der Waals surface area contributed by atoms with Gasteiger partial charge >= 0.3 is 5.97 Å². The first-order valence-electron chi connectivity index (χ1n) is 6.20. The lowest BCUT2D eigenvalue weighted by Crippen LogP contribution is -2.09. The Morgan fingerprint density at radius 1 is 1.55 bits per heavy atom. The van der Waals surface area contributed by atoms with Crippen LogP contribution < -0.4 is 10.2 Å². The van der Waals surface area contributed by atoms with Gasteiger partial charge in [0.25, 0.3) is 0 Å². The standard InChI is InChI=1S/C11H10ClFN2O3.C2H6/c1-6-5-17-9-3-2-7(4-8(6)9)14-15-10(12)11(16)18-13;1-2/h2-4,6,14H,5H2,1H3;1-2H3/b15-10-;. The topological polar surface area (TPSA) is 59.9 Å². The number of hydrogen-bond acceptors (Lipinski definition) is 5. The van der Waals surface area contributed by atoms with Crippen molar-refractivity contribution in [1.82, 2.24) is 0 Å². The summed E-state index contributed by atoms with van der Waals surface area (Å²) in [6.45, 7) is 6.67. The summed E-state index contributed by atoms with van der Waals surface area (Å²) in [7, 11) is 0. The largest absolute Gasteiger partial charge is 0.493 e. The van der Waals surface area contributed by atoms with Gasteiger partial charge in [-0.2, -0.15) is 5.10 Å². The van der Waals surface area contributed by atoms with E-state index >= 15 is 0 Å². The van der Waals surface area contributed by atoms with Crippen LogP contribution >= 0.6 is 11.6 Å². The Morgan fingerprint density at radius 3 is 2.90 bits per heavy atom. The minimum absolute atomic E-state index is 0.289. The van der Waals surface area contributed by atoms with Gasteiger partial charge in [-0.25, -0.2) is 9.74 Å². The molecular weight excluding hydrogens is 287 g/mol. The first kappa shape index (κ1) is 16.2. The van der Waals surface area contributed by atoms with Crippen molar-refractivity contribution in [2.75, 3.05) is 12.0 Å². The van der Waals surface area contributed by atoms with E-state index in [1.165, 1.54) is 0 Å². The summed E-state index contributed by atoms with van der Waals surface area (Å²) in [5.74, 6) is -0.231. The number of hydrazone groups is 1. The van der Waals surface area contributed by atoms with Crippen molar-refractivity contribution in [3.05, 3.63) is 23.8 Å². The molecule has 1 N–H and O–H groups in total. The van der Waals surface area contributed by atoms with Crippen LogP contribution in [-0.2, 0) is 9.74 Å². The normalized spacial score (nSPS) is 16.4. The highest BCUT2D eigenvalue weighted by molar-refractivity contribution is 6.82. The summed E-state index contributed by atoms with van der Waals surface area (Å²) in [6.07, 6.45) is 0. The number of carbonyl (C=O) groups excluding carboxylic acids is 1. The second-order valence-electron chi connectivity index (χ2n) is 3.84. The van der Waals surface area contributed by atoms with Gasteiger partial charge in [0.05, 0.1) is 12.3 Å². The molecule has 1 unspecified atom stereocenters. The van der Waals surface area contributed by atoms with Gasteiger partial charge in [0, 0.05) is 16.0 Å². The minimum atomic E-state index is -1.35. The van der Waals surface area contributed by atoms with Gasteiger partial charge in [0.15, 0.2) is 0 Å². The van der Waals surface area contributed by atoms with Crippen molar-refractivity contribution in [2.24, 2.45) is 5.10 Å². The zero-order valence-electron chi connectivity index (χ0n) is 11.4. The Labute approximate surface area is 121 Å². The molecule has 1 aromatic carbocycles. The van der Waals surface area contributed by atoms with Crippen molar-refractivity contribution in [3.8, 4) is 5.75 Å². The number of carbonyl (C=O) groups is 1. The Kier molecular flexibility index (Phi) is 6.24. The molecule has 0 spiro atoms. The van der Waals surface area contributed by atoms with Gasteiger partial charge in [-0.15, -0.1) is 0 Å². The Morgan fingerprint density at radius 2 is 2.25 bits per heavy atom. The monoisotopic (exact) mass is 302 g/mol. The molecule has 1 heterocycles. The Balaban J connectivity index is 0.000000956. The molecular formula is C13H16ClFN2O3. The van der Waals surface area contributed by atoms with E-state index in [4.69, 9.17) is 16.3 Å². The Hall–Kier alpha value is -1.82. The third-order valence-corrected chi connectivity index (χ3v) is 2.79. The number of halogens is 2. The maximum Gasteiger partial charge on any atom is 0.411 e. The van der Waals surface area contributed by atoms with Crippen LogP contribution in [0, 0.1) is 0 Å². The van der Waals surface area contributed by atoms with Crippen molar-refractivity contribution in [2.45, 2.75) is 26.7 Å². The van der Waals surface area contributed by atoms with E-state index in [1.54, 1.807) is 12.1 Å². The molecule has 1 atom stereocenters. The van der Waals surface area contributed by atoms with Crippen LogP contribution in [0.25, 0.3) is 0 Å². The third kappa shape index (κ3) is 3.84. The average molecular weight is 303 g/mol. The SMILES string of the molecule is CC.CC1COc2ccc(N/N=C(\Cl)C(=O)OF)cc21.